The van der Waals surface area contributed by atoms with Crippen LogP contribution in [0.1, 0.15) is 21.5 Å². The van der Waals surface area contributed by atoms with Crippen LogP contribution in [0, 0.1) is 12.7 Å². The first-order valence-electron chi connectivity index (χ1n) is 11.7. The number of piperazine rings is 1. The number of hydrogen-bond donors (Lipinski definition) is 1. The lowest BCUT2D eigenvalue weighted by Gasteiger charge is -2.34. The normalized spacial score (nSPS) is 14.6. The number of alkyl halides is 3. The largest absolute Gasteiger partial charge is 0.419 e. The van der Waals surface area contributed by atoms with Gasteiger partial charge in [0.25, 0.3) is 5.91 Å². The first-order valence-corrected chi connectivity index (χ1v) is 12.6. The van der Waals surface area contributed by atoms with Gasteiger partial charge in [-0.05, 0) is 43.8 Å². The van der Waals surface area contributed by atoms with E-state index in [1.165, 1.54) is 22.1 Å². The number of hydrogen-bond acceptors (Lipinski definition) is 7. The first-order chi connectivity index (χ1) is 18.1. The number of anilines is 2. The molecule has 0 unspecified atom stereocenters. The van der Waals surface area contributed by atoms with Crippen LogP contribution in [0.4, 0.5) is 28.9 Å². The van der Waals surface area contributed by atoms with Crippen molar-refractivity contribution in [2.45, 2.75) is 13.1 Å². The maximum absolute atomic E-state index is 15.0. The number of carbonyl (C=O) groups is 1. The van der Waals surface area contributed by atoms with Gasteiger partial charge in [-0.1, -0.05) is 11.3 Å². The zero-order chi connectivity index (χ0) is 27.0. The molecule has 1 aliphatic heterocycles. The zero-order valence-electron chi connectivity index (χ0n) is 20.5. The maximum Gasteiger partial charge on any atom is 0.419 e. The van der Waals surface area contributed by atoms with Crippen LogP contribution in [-0.4, -0.2) is 64.0 Å². The van der Waals surface area contributed by atoms with E-state index in [1.807, 2.05) is 18.9 Å². The molecule has 0 spiro atoms. The molecule has 0 radical (unpaired) electrons. The fourth-order valence-electron chi connectivity index (χ4n) is 4.20. The third-order valence-corrected chi connectivity index (χ3v) is 7.15. The van der Waals surface area contributed by atoms with Gasteiger partial charge in [-0.25, -0.2) is 9.07 Å². The summed E-state index contributed by atoms with van der Waals surface area (Å²) in [6.45, 7) is 3.73. The first kappa shape index (κ1) is 25.8. The Bertz CT molecular complexity index is 1460. The summed E-state index contributed by atoms with van der Waals surface area (Å²) in [5, 5.41) is 10.8. The molecule has 8 nitrogen and oxygen atoms in total. The number of likely N-dealkylation sites (N-methyl/N-ethyl adjacent to an activating group) is 1. The zero-order valence-corrected chi connectivity index (χ0v) is 21.3. The second-order valence-corrected chi connectivity index (χ2v) is 9.90. The summed E-state index contributed by atoms with van der Waals surface area (Å²) < 4.78 is 57.6. The molecule has 0 saturated carbocycles. The van der Waals surface area contributed by atoms with E-state index >= 15 is 0 Å². The number of carbonyl (C=O) groups excluding carboxylic acids is 1. The van der Waals surface area contributed by atoms with E-state index in [1.54, 1.807) is 41.0 Å². The number of nitrogens with zero attached hydrogens (tertiary/aromatic N) is 6. The van der Waals surface area contributed by atoms with Crippen LogP contribution in [0.5, 0.6) is 0 Å². The number of aromatic nitrogens is 4. The third-order valence-electron chi connectivity index (χ3n) is 6.36. The number of amides is 1. The maximum atomic E-state index is 15.0. The van der Waals surface area contributed by atoms with Gasteiger partial charge in [-0.3, -0.25) is 9.78 Å². The molecular formula is C25H23F4N7OS. The van der Waals surface area contributed by atoms with Crippen molar-refractivity contribution in [1.82, 2.24) is 24.9 Å². The number of nitrogens with one attached hydrogen (secondary N) is 1. The van der Waals surface area contributed by atoms with Crippen molar-refractivity contribution in [1.29, 1.82) is 0 Å². The fraction of sp³-hybridized carbons (Fsp3) is 0.280. The fourth-order valence-corrected chi connectivity index (χ4v) is 4.77. The van der Waals surface area contributed by atoms with Gasteiger partial charge >= 0.3 is 6.18 Å². The monoisotopic (exact) mass is 545 g/mol. The van der Waals surface area contributed by atoms with E-state index in [4.69, 9.17) is 0 Å². The average Bonchev–Trinajstić information content (AvgIpc) is 3.57. The van der Waals surface area contributed by atoms with E-state index in [2.05, 4.69) is 20.6 Å². The Morgan fingerprint density at radius 1 is 1.08 bits per heavy atom. The summed E-state index contributed by atoms with van der Waals surface area (Å²) in [6.07, 6.45) is -1.55. The minimum absolute atomic E-state index is 0.145. The molecule has 1 amide bonds. The molecule has 1 fully saturated rings. The molecule has 0 bridgehead atoms. The smallest absolute Gasteiger partial charge is 0.367 e. The van der Waals surface area contributed by atoms with Gasteiger partial charge in [0.1, 0.15) is 5.69 Å². The quantitative estimate of drug-likeness (QED) is 0.361. The minimum atomic E-state index is -4.92. The van der Waals surface area contributed by atoms with Gasteiger partial charge in [-0.2, -0.15) is 13.2 Å². The lowest BCUT2D eigenvalue weighted by Crippen LogP contribution is -2.45. The number of thiazole rings is 1. The number of benzene rings is 2. The summed E-state index contributed by atoms with van der Waals surface area (Å²) in [5.74, 6) is -1.99. The highest BCUT2D eigenvalue weighted by Gasteiger charge is 2.37. The van der Waals surface area contributed by atoms with Gasteiger partial charge in [0.15, 0.2) is 5.82 Å². The number of rotatable bonds is 5. The third kappa shape index (κ3) is 5.24. The summed E-state index contributed by atoms with van der Waals surface area (Å²) in [5.41, 5.74) is 2.11. The summed E-state index contributed by atoms with van der Waals surface area (Å²) in [4.78, 5) is 21.6. The molecule has 198 valence electrons. The van der Waals surface area contributed by atoms with E-state index in [9.17, 15) is 22.4 Å². The van der Waals surface area contributed by atoms with Crippen LogP contribution < -0.4 is 10.2 Å². The van der Waals surface area contributed by atoms with E-state index < -0.39 is 23.5 Å². The van der Waals surface area contributed by atoms with Crippen molar-refractivity contribution in [2.75, 3.05) is 43.4 Å². The van der Waals surface area contributed by atoms with Gasteiger partial charge in [0.2, 0.25) is 0 Å². The molecule has 1 saturated heterocycles. The lowest BCUT2D eigenvalue weighted by atomic mass is 10.1. The van der Waals surface area contributed by atoms with Crippen molar-refractivity contribution in [3.8, 4) is 16.3 Å². The van der Waals surface area contributed by atoms with E-state index in [-0.39, 0.29) is 16.9 Å². The summed E-state index contributed by atoms with van der Waals surface area (Å²) >= 11 is 1.41. The SMILES string of the molecule is Cc1ccc(C(=O)Nc2cc(N3CCN(C)CC3)c(F)c(C(F)(F)F)c2)cc1-n1cc(-c2cncs2)nn1. The predicted molar refractivity (Wildman–Crippen MR) is 136 cm³/mol. The minimum Gasteiger partial charge on any atom is -0.367 e. The highest BCUT2D eigenvalue weighted by molar-refractivity contribution is 7.13. The van der Waals surface area contributed by atoms with Crippen LogP contribution in [0.2, 0.25) is 0 Å². The van der Waals surface area contributed by atoms with Gasteiger partial charge in [0.05, 0.1) is 33.5 Å². The summed E-state index contributed by atoms with van der Waals surface area (Å²) in [6, 6.07) is 6.72. The number of aryl methyl sites for hydroxylation is 1. The molecular weight excluding hydrogens is 522 g/mol. The average molecular weight is 546 g/mol. The Morgan fingerprint density at radius 2 is 1.84 bits per heavy atom. The Hall–Kier alpha value is -3.84. The van der Waals surface area contributed by atoms with E-state index in [0.29, 0.717) is 43.6 Å². The van der Waals surface area contributed by atoms with Crippen molar-refractivity contribution in [3.63, 3.8) is 0 Å². The molecule has 38 heavy (non-hydrogen) atoms. The molecule has 3 heterocycles. The van der Waals surface area contributed by atoms with Crippen LogP contribution in [-0.2, 0) is 6.18 Å². The van der Waals surface area contributed by atoms with Crippen molar-refractivity contribution < 1.29 is 22.4 Å². The van der Waals surface area contributed by atoms with Crippen molar-refractivity contribution in [3.05, 3.63) is 70.7 Å². The van der Waals surface area contributed by atoms with Gasteiger partial charge in [-0.15, -0.1) is 16.4 Å². The Morgan fingerprint density at radius 3 is 2.53 bits per heavy atom. The van der Waals surface area contributed by atoms with Crippen LogP contribution in [0.15, 0.2) is 48.2 Å². The highest BCUT2D eigenvalue weighted by atomic mass is 32.1. The second-order valence-electron chi connectivity index (χ2n) is 9.01. The van der Waals surface area contributed by atoms with Crippen molar-refractivity contribution >= 4 is 28.6 Å². The molecule has 1 N–H and O–H groups in total. The predicted octanol–water partition coefficient (Wildman–Crippen LogP) is 4.86. The molecule has 13 heteroatoms. The highest BCUT2D eigenvalue weighted by Crippen LogP contribution is 2.38. The lowest BCUT2D eigenvalue weighted by molar-refractivity contribution is -0.139. The topological polar surface area (TPSA) is 79.2 Å². The van der Waals surface area contributed by atoms with Crippen molar-refractivity contribution in [2.24, 2.45) is 0 Å². The van der Waals surface area contributed by atoms with Crippen LogP contribution in [0.25, 0.3) is 16.3 Å². The number of halogens is 4. The van der Waals surface area contributed by atoms with E-state index in [0.717, 1.165) is 10.4 Å². The second kappa shape index (κ2) is 10.1. The Labute approximate surface area is 219 Å². The molecule has 1 aliphatic rings. The van der Waals surface area contributed by atoms with Gasteiger partial charge < -0.3 is 15.1 Å². The van der Waals surface area contributed by atoms with Crippen LogP contribution in [0.3, 0.4) is 0 Å². The molecule has 0 aliphatic carbocycles. The molecule has 0 atom stereocenters. The summed E-state index contributed by atoms with van der Waals surface area (Å²) in [7, 11) is 1.89. The molecule has 2 aromatic heterocycles. The molecule has 4 aromatic rings. The molecule has 2 aromatic carbocycles. The van der Waals surface area contributed by atoms with Gasteiger partial charge in [0, 0.05) is 43.6 Å². The molecule has 5 rings (SSSR count). The standard InChI is InChI=1S/C25H23F4N7OS/c1-15-3-4-16(9-20(15)36-13-19(32-33-36)22-12-30-14-38-22)24(37)31-17-10-18(25(27,28)29)23(26)21(11-17)35-7-5-34(2)6-8-35/h3-4,9-14H,5-8H2,1-2H3,(H,31,37). The Kier molecular flexibility index (Phi) is 6.88. The Balaban J connectivity index is 1.44. The van der Waals surface area contributed by atoms with Crippen LogP contribution >= 0.6 is 11.3 Å².